The van der Waals surface area contributed by atoms with Crippen molar-refractivity contribution in [2.75, 3.05) is 19.8 Å². The lowest BCUT2D eigenvalue weighted by atomic mass is 10.1. The fourth-order valence-corrected chi connectivity index (χ4v) is 4.86. The van der Waals surface area contributed by atoms with Crippen molar-refractivity contribution in [3.8, 4) is 11.5 Å². The lowest BCUT2D eigenvalue weighted by molar-refractivity contribution is 0.171. The van der Waals surface area contributed by atoms with Crippen LogP contribution in [0.15, 0.2) is 17.0 Å². The summed E-state index contributed by atoms with van der Waals surface area (Å²) < 4.78 is 38.8. The minimum absolute atomic E-state index is 0. The van der Waals surface area contributed by atoms with Gasteiger partial charge in [-0.1, -0.05) is 18.0 Å². The number of fused-ring (bicyclic) bond motifs is 1. The number of hydrogen-bond donors (Lipinski definition) is 2. The molecule has 1 heterocycles. The molecule has 0 radical (unpaired) electrons. The molecule has 1 aliphatic carbocycles. The SMILES string of the molecule is Cl.NCC1CCCC1NS(=O)(=O)c1cc2c(cc1Cl)OCCO2. The second-order valence-corrected chi connectivity index (χ2v) is 7.67. The Morgan fingerprint density at radius 3 is 2.52 bits per heavy atom. The highest BCUT2D eigenvalue weighted by molar-refractivity contribution is 7.89. The number of nitrogens with two attached hydrogens (primary N) is 1. The summed E-state index contributed by atoms with van der Waals surface area (Å²) in [6.45, 7) is 1.29. The van der Waals surface area contributed by atoms with Gasteiger partial charge in [-0.3, -0.25) is 0 Å². The molecule has 1 fully saturated rings. The summed E-state index contributed by atoms with van der Waals surface area (Å²) in [6, 6.07) is 2.77. The first kappa shape index (κ1) is 18.6. The predicted octanol–water partition coefficient (Wildman–Crippen LogP) is 1.94. The quantitative estimate of drug-likeness (QED) is 0.829. The van der Waals surface area contributed by atoms with E-state index in [2.05, 4.69) is 4.72 Å². The van der Waals surface area contributed by atoms with Crippen LogP contribution in [0.25, 0.3) is 0 Å². The van der Waals surface area contributed by atoms with Crippen LogP contribution in [0.1, 0.15) is 19.3 Å². The fourth-order valence-electron chi connectivity index (χ4n) is 2.99. The normalized spacial score (nSPS) is 23.4. The molecule has 0 bridgehead atoms. The maximum Gasteiger partial charge on any atom is 0.242 e. The average molecular weight is 383 g/mol. The first-order chi connectivity index (χ1) is 10.5. The first-order valence-corrected chi connectivity index (χ1v) is 9.19. The Labute approximate surface area is 147 Å². The van der Waals surface area contributed by atoms with Crippen LogP contribution in [0.3, 0.4) is 0 Å². The molecule has 6 nitrogen and oxygen atoms in total. The molecule has 0 spiro atoms. The molecule has 3 rings (SSSR count). The van der Waals surface area contributed by atoms with Gasteiger partial charge < -0.3 is 15.2 Å². The zero-order valence-corrected chi connectivity index (χ0v) is 14.8. The Balaban J connectivity index is 0.00000192. The van der Waals surface area contributed by atoms with E-state index in [0.29, 0.717) is 31.3 Å². The van der Waals surface area contributed by atoms with Crippen LogP contribution in [-0.4, -0.2) is 34.2 Å². The van der Waals surface area contributed by atoms with Gasteiger partial charge >= 0.3 is 0 Å². The lowest BCUT2D eigenvalue weighted by Gasteiger charge is -2.22. The summed E-state index contributed by atoms with van der Waals surface area (Å²) >= 11 is 6.12. The van der Waals surface area contributed by atoms with Crippen LogP contribution in [0, 0.1) is 5.92 Å². The van der Waals surface area contributed by atoms with Gasteiger partial charge in [-0.15, -0.1) is 12.4 Å². The highest BCUT2D eigenvalue weighted by Gasteiger charge is 2.32. The minimum Gasteiger partial charge on any atom is -0.486 e. The molecule has 0 aromatic heterocycles. The number of hydrogen-bond acceptors (Lipinski definition) is 5. The first-order valence-electron chi connectivity index (χ1n) is 7.33. The van der Waals surface area contributed by atoms with Crippen LogP contribution in [0.4, 0.5) is 0 Å². The molecule has 2 aliphatic rings. The molecule has 2 atom stereocenters. The minimum atomic E-state index is -3.72. The van der Waals surface area contributed by atoms with E-state index in [0.717, 1.165) is 19.3 Å². The Morgan fingerprint density at radius 2 is 1.87 bits per heavy atom. The molecule has 23 heavy (non-hydrogen) atoms. The zero-order chi connectivity index (χ0) is 15.7. The van der Waals surface area contributed by atoms with E-state index in [1.807, 2.05) is 0 Å². The van der Waals surface area contributed by atoms with Gasteiger partial charge in [-0.05, 0) is 25.3 Å². The molecular formula is C14H20Cl2N2O4S. The Hall–Kier alpha value is -0.730. The molecule has 0 saturated heterocycles. The van der Waals surface area contributed by atoms with E-state index in [4.69, 9.17) is 26.8 Å². The van der Waals surface area contributed by atoms with Gasteiger partial charge in [0.2, 0.25) is 10.0 Å². The molecule has 130 valence electrons. The molecule has 0 amide bonds. The van der Waals surface area contributed by atoms with Crippen LogP contribution >= 0.6 is 24.0 Å². The second-order valence-electron chi connectivity index (χ2n) is 5.58. The van der Waals surface area contributed by atoms with E-state index < -0.39 is 10.0 Å². The Kier molecular flexibility index (Phi) is 6.02. The highest BCUT2D eigenvalue weighted by atomic mass is 35.5. The van der Waals surface area contributed by atoms with Crippen LogP contribution < -0.4 is 19.9 Å². The Morgan fingerprint density at radius 1 is 1.22 bits per heavy atom. The van der Waals surface area contributed by atoms with Crippen molar-refractivity contribution in [3.05, 3.63) is 17.2 Å². The summed E-state index contributed by atoms with van der Waals surface area (Å²) in [5.41, 5.74) is 5.71. The molecule has 3 N–H and O–H groups in total. The molecule has 1 aromatic rings. The van der Waals surface area contributed by atoms with Gasteiger partial charge in [-0.2, -0.15) is 0 Å². The fraction of sp³-hybridized carbons (Fsp3) is 0.571. The summed E-state index contributed by atoms with van der Waals surface area (Å²) in [5.74, 6) is 1.04. The summed E-state index contributed by atoms with van der Waals surface area (Å²) in [4.78, 5) is 0.0149. The van der Waals surface area contributed by atoms with Crippen molar-refractivity contribution in [3.63, 3.8) is 0 Å². The highest BCUT2D eigenvalue weighted by Crippen LogP contribution is 2.37. The molecule has 1 saturated carbocycles. The number of halogens is 2. The summed E-state index contributed by atoms with van der Waals surface area (Å²) in [5, 5.41) is 0.124. The lowest BCUT2D eigenvalue weighted by Crippen LogP contribution is -2.39. The standard InChI is InChI=1S/C14H19ClN2O4S.ClH/c15-10-6-12-13(21-5-4-20-12)7-14(10)22(18,19)17-11-3-1-2-9(11)8-16;/h6-7,9,11,17H,1-5,8,16H2;1H. The number of sulfonamides is 1. The van der Waals surface area contributed by atoms with E-state index in [1.54, 1.807) is 0 Å². The van der Waals surface area contributed by atoms with Crippen molar-refractivity contribution in [2.45, 2.75) is 30.2 Å². The van der Waals surface area contributed by atoms with Crippen molar-refractivity contribution < 1.29 is 17.9 Å². The van der Waals surface area contributed by atoms with E-state index >= 15 is 0 Å². The zero-order valence-electron chi connectivity index (χ0n) is 12.5. The topological polar surface area (TPSA) is 90.7 Å². The third-order valence-corrected chi connectivity index (χ3v) is 6.11. The van der Waals surface area contributed by atoms with Crippen LogP contribution in [-0.2, 0) is 10.0 Å². The van der Waals surface area contributed by atoms with E-state index in [1.165, 1.54) is 12.1 Å². The molecule has 1 aromatic carbocycles. The number of ether oxygens (including phenoxy) is 2. The molecule has 2 unspecified atom stereocenters. The van der Waals surface area contributed by atoms with Gasteiger partial charge in [-0.25, -0.2) is 13.1 Å². The maximum atomic E-state index is 12.6. The van der Waals surface area contributed by atoms with Gasteiger partial charge in [0.15, 0.2) is 11.5 Å². The smallest absolute Gasteiger partial charge is 0.242 e. The van der Waals surface area contributed by atoms with Crippen molar-refractivity contribution in [1.29, 1.82) is 0 Å². The third kappa shape index (κ3) is 3.85. The van der Waals surface area contributed by atoms with Gasteiger partial charge in [0.25, 0.3) is 0 Å². The number of rotatable bonds is 4. The van der Waals surface area contributed by atoms with Gasteiger partial charge in [0, 0.05) is 18.2 Å². The predicted molar refractivity (Wildman–Crippen MR) is 90.2 cm³/mol. The maximum absolute atomic E-state index is 12.6. The second kappa shape index (κ2) is 7.44. The van der Waals surface area contributed by atoms with Crippen molar-refractivity contribution >= 4 is 34.0 Å². The van der Waals surface area contributed by atoms with Crippen molar-refractivity contribution in [2.24, 2.45) is 11.7 Å². The van der Waals surface area contributed by atoms with Crippen molar-refractivity contribution in [1.82, 2.24) is 4.72 Å². The number of nitrogens with one attached hydrogen (secondary N) is 1. The third-order valence-electron chi connectivity index (χ3n) is 4.15. The summed E-state index contributed by atoms with van der Waals surface area (Å²) in [7, 11) is -3.72. The van der Waals surface area contributed by atoms with E-state index in [-0.39, 0.29) is 34.3 Å². The Bertz CT molecular complexity index is 669. The molecule has 9 heteroatoms. The molecule has 1 aliphatic heterocycles. The number of benzene rings is 1. The molecular weight excluding hydrogens is 363 g/mol. The van der Waals surface area contributed by atoms with E-state index in [9.17, 15) is 8.42 Å². The van der Waals surface area contributed by atoms with Gasteiger partial charge in [0.05, 0.1) is 5.02 Å². The summed E-state index contributed by atoms with van der Waals surface area (Å²) in [6.07, 6.45) is 2.71. The monoisotopic (exact) mass is 382 g/mol. The van der Waals surface area contributed by atoms with Crippen LogP contribution in [0.2, 0.25) is 5.02 Å². The van der Waals surface area contributed by atoms with Gasteiger partial charge in [0.1, 0.15) is 18.1 Å². The van der Waals surface area contributed by atoms with Crippen LogP contribution in [0.5, 0.6) is 11.5 Å². The average Bonchev–Trinajstić information content (AvgIpc) is 2.92. The largest absolute Gasteiger partial charge is 0.486 e.